The quantitative estimate of drug-likeness (QED) is 0.838. The molecule has 0 aliphatic carbocycles. The highest BCUT2D eigenvalue weighted by atomic mass is 32.2. The zero-order valence-corrected chi connectivity index (χ0v) is 11.5. The lowest BCUT2D eigenvalue weighted by Gasteiger charge is -2.12. The van der Waals surface area contributed by atoms with Gasteiger partial charge in [-0.25, -0.2) is 0 Å². The van der Waals surface area contributed by atoms with Crippen LogP contribution >= 0.6 is 23.1 Å². The van der Waals surface area contributed by atoms with E-state index in [1.165, 1.54) is 12.1 Å². The molecule has 2 aromatic rings. The molecule has 1 nitrogen and oxygen atoms in total. The van der Waals surface area contributed by atoms with Gasteiger partial charge in [0.15, 0.2) is 0 Å². The largest absolute Gasteiger partial charge is 0.416 e. The van der Waals surface area contributed by atoms with Gasteiger partial charge in [-0.15, -0.1) is 23.1 Å². The third-order valence-electron chi connectivity index (χ3n) is 2.57. The van der Waals surface area contributed by atoms with Crippen LogP contribution < -0.4 is 5.73 Å². The number of alkyl halides is 3. The first-order chi connectivity index (χ1) is 8.97. The summed E-state index contributed by atoms with van der Waals surface area (Å²) in [6.45, 7) is 0. The van der Waals surface area contributed by atoms with E-state index in [9.17, 15) is 13.2 Å². The first kappa shape index (κ1) is 14.4. The minimum absolute atomic E-state index is 0.269. The number of benzene rings is 1. The summed E-state index contributed by atoms with van der Waals surface area (Å²) in [4.78, 5) is 0. The van der Waals surface area contributed by atoms with Crippen LogP contribution in [0.5, 0.6) is 0 Å². The average Bonchev–Trinajstić information content (AvgIpc) is 2.88. The normalized spacial score (nSPS) is 13.5. The highest BCUT2D eigenvalue weighted by Crippen LogP contribution is 2.31. The molecule has 2 rings (SSSR count). The maximum atomic E-state index is 12.4. The number of rotatable bonds is 4. The van der Waals surface area contributed by atoms with Gasteiger partial charge in [0.25, 0.3) is 0 Å². The van der Waals surface area contributed by atoms with E-state index in [2.05, 4.69) is 0 Å². The maximum absolute atomic E-state index is 12.4. The highest BCUT2D eigenvalue weighted by Gasteiger charge is 2.30. The molecule has 0 aliphatic rings. The van der Waals surface area contributed by atoms with Gasteiger partial charge in [0.2, 0.25) is 0 Å². The second-order valence-electron chi connectivity index (χ2n) is 3.97. The van der Waals surface area contributed by atoms with Crippen LogP contribution in [0.25, 0.3) is 0 Å². The number of nitrogens with two attached hydrogens (primary N) is 1. The van der Waals surface area contributed by atoms with E-state index in [-0.39, 0.29) is 6.04 Å². The van der Waals surface area contributed by atoms with Crippen LogP contribution in [0.15, 0.2) is 46.0 Å². The van der Waals surface area contributed by atoms with Crippen LogP contribution in [-0.4, -0.2) is 5.75 Å². The molecular formula is C13H12F3NS2. The molecule has 0 amide bonds. The third kappa shape index (κ3) is 3.99. The van der Waals surface area contributed by atoms with Crippen LogP contribution in [0.2, 0.25) is 0 Å². The van der Waals surface area contributed by atoms with Gasteiger partial charge >= 0.3 is 6.18 Å². The Balaban J connectivity index is 1.97. The molecule has 1 atom stereocenters. The van der Waals surface area contributed by atoms with E-state index in [4.69, 9.17) is 5.73 Å². The smallest absolute Gasteiger partial charge is 0.323 e. The predicted octanol–water partition coefficient (Wildman–Crippen LogP) is 4.56. The zero-order chi connectivity index (χ0) is 13.9. The topological polar surface area (TPSA) is 26.0 Å². The van der Waals surface area contributed by atoms with E-state index in [0.29, 0.717) is 5.75 Å². The summed E-state index contributed by atoms with van der Waals surface area (Å²) in [6.07, 6.45) is -4.30. The molecule has 0 saturated heterocycles. The summed E-state index contributed by atoms with van der Waals surface area (Å²) < 4.78 is 38.4. The van der Waals surface area contributed by atoms with Crippen LogP contribution in [0.1, 0.15) is 17.2 Å². The number of hydrogen-bond acceptors (Lipinski definition) is 3. The second-order valence-corrected chi connectivity index (χ2v) is 6.24. The molecule has 0 bridgehead atoms. The molecule has 102 valence electrons. The van der Waals surface area contributed by atoms with E-state index in [0.717, 1.165) is 21.9 Å². The fourth-order valence-corrected chi connectivity index (χ4v) is 3.34. The summed E-state index contributed by atoms with van der Waals surface area (Å²) in [7, 11) is 0. The molecule has 1 aromatic heterocycles. The molecule has 0 aliphatic heterocycles. The number of thiophene rings is 1. The molecule has 6 heteroatoms. The lowest BCUT2D eigenvalue weighted by molar-refractivity contribution is -0.137. The molecule has 1 heterocycles. The molecule has 1 aromatic carbocycles. The summed E-state index contributed by atoms with van der Waals surface area (Å²) in [5, 5.41) is 1.98. The Labute approximate surface area is 117 Å². The van der Waals surface area contributed by atoms with Crippen molar-refractivity contribution in [3.05, 3.63) is 52.9 Å². The molecule has 2 N–H and O–H groups in total. The van der Waals surface area contributed by atoms with E-state index >= 15 is 0 Å². The van der Waals surface area contributed by atoms with E-state index < -0.39 is 11.7 Å². The lowest BCUT2D eigenvalue weighted by Crippen LogP contribution is -2.13. The average molecular weight is 303 g/mol. The fraction of sp³-hybridized carbons (Fsp3) is 0.231. The summed E-state index contributed by atoms with van der Waals surface area (Å²) >= 11 is 3.24. The van der Waals surface area contributed by atoms with Gasteiger partial charge in [-0.2, -0.15) is 13.2 Å². The van der Waals surface area contributed by atoms with Crippen molar-refractivity contribution in [2.24, 2.45) is 5.73 Å². The minimum atomic E-state index is -4.30. The first-order valence-electron chi connectivity index (χ1n) is 5.56. The fourth-order valence-electron chi connectivity index (χ4n) is 1.53. The summed E-state index contributed by atoms with van der Waals surface area (Å²) in [6, 6.07) is 8.72. The molecule has 1 unspecified atom stereocenters. The Morgan fingerprint density at radius 1 is 1.16 bits per heavy atom. The molecule has 19 heavy (non-hydrogen) atoms. The maximum Gasteiger partial charge on any atom is 0.416 e. The number of thioether (sulfide) groups is 1. The minimum Gasteiger partial charge on any atom is -0.323 e. The highest BCUT2D eigenvalue weighted by molar-refractivity contribution is 8.01. The Morgan fingerprint density at radius 3 is 2.37 bits per heavy atom. The van der Waals surface area contributed by atoms with Gasteiger partial charge in [-0.3, -0.25) is 0 Å². The third-order valence-corrected chi connectivity index (χ3v) is 4.82. The van der Waals surface area contributed by atoms with Crippen LogP contribution in [-0.2, 0) is 6.18 Å². The Kier molecular flexibility index (Phi) is 4.54. The summed E-state index contributed by atoms with van der Waals surface area (Å²) in [5.41, 5.74) is 6.05. The number of halogens is 3. The monoisotopic (exact) mass is 303 g/mol. The standard InChI is InChI=1S/C13H12F3NS2/c14-13(15,16)10-5-3-9(4-6-10)11(17)8-19-12-2-1-7-18-12/h1-7,11H,8,17H2. The number of hydrogen-bond donors (Lipinski definition) is 1. The van der Waals surface area contributed by atoms with Gasteiger partial charge < -0.3 is 5.73 Å². The lowest BCUT2D eigenvalue weighted by atomic mass is 10.1. The van der Waals surface area contributed by atoms with Crippen molar-refractivity contribution < 1.29 is 13.2 Å². The van der Waals surface area contributed by atoms with Crippen molar-refractivity contribution in [3.63, 3.8) is 0 Å². The van der Waals surface area contributed by atoms with Crippen molar-refractivity contribution in [2.45, 2.75) is 16.4 Å². The molecule has 0 fully saturated rings. The van der Waals surface area contributed by atoms with Crippen molar-refractivity contribution in [2.75, 3.05) is 5.75 Å². The first-order valence-corrected chi connectivity index (χ1v) is 7.42. The van der Waals surface area contributed by atoms with E-state index in [1.807, 2.05) is 17.5 Å². The molecule has 0 spiro atoms. The van der Waals surface area contributed by atoms with Crippen LogP contribution in [0, 0.1) is 0 Å². The van der Waals surface area contributed by atoms with Gasteiger partial charge in [0, 0.05) is 11.8 Å². The molecule has 0 saturated carbocycles. The molecular weight excluding hydrogens is 291 g/mol. The van der Waals surface area contributed by atoms with Crippen molar-refractivity contribution >= 4 is 23.1 Å². The Morgan fingerprint density at radius 2 is 1.84 bits per heavy atom. The zero-order valence-electron chi connectivity index (χ0n) is 9.85. The predicted molar refractivity (Wildman–Crippen MR) is 73.4 cm³/mol. The Hall–Kier alpha value is -0.980. The summed E-state index contributed by atoms with van der Waals surface area (Å²) in [5.74, 6) is 0.645. The van der Waals surface area contributed by atoms with Crippen molar-refractivity contribution in [1.82, 2.24) is 0 Å². The van der Waals surface area contributed by atoms with E-state index in [1.54, 1.807) is 23.1 Å². The molecule has 0 radical (unpaired) electrons. The second kappa shape index (κ2) is 5.98. The Bertz CT molecular complexity index is 506. The van der Waals surface area contributed by atoms with Crippen LogP contribution in [0.3, 0.4) is 0 Å². The van der Waals surface area contributed by atoms with Crippen molar-refractivity contribution in [1.29, 1.82) is 0 Å². The van der Waals surface area contributed by atoms with Crippen molar-refractivity contribution in [3.8, 4) is 0 Å². The van der Waals surface area contributed by atoms with Gasteiger partial charge in [-0.05, 0) is 29.1 Å². The van der Waals surface area contributed by atoms with Gasteiger partial charge in [0.05, 0.1) is 9.77 Å². The van der Waals surface area contributed by atoms with Crippen LogP contribution in [0.4, 0.5) is 13.2 Å². The SMILES string of the molecule is NC(CSc1cccs1)c1ccc(C(F)(F)F)cc1. The van der Waals surface area contributed by atoms with Gasteiger partial charge in [-0.1, -0.05) is 18.2 Å². The van der Waals surface area contributed by atoms with Gasteiger partial charge in [0.1, 0.15) is 0 Å².